The molecule has 2 amide bonds. The highest BCUT2D eigenvalue weighted by Gasteiger charge is 2.19. The standard InChI is InChI=1S/C15H21FN2O3/c1-9(2)6-12(8-19)17-14(20)15(21)18-13-5-4-11(16)7-10(13)3/h4-5,7,9,12,19H,6,8H2,1-3H3,(H,17,20)(H,18,21). The van der Waals surface area contributed by atoms with Gasteiger partial charge in [-0.2, -0.15) is 0 Å². The number of rotatable bonds is 5. The molecule has 5 nitrogen and oxygen atoms in total. The number of aliphatic hydroxyl groups is 1. The summed E-state index contributed by atoms with van der Waals surface area (Å²) in [5, 5.41) is 14.1. The topological polar surface area (TPSA) is 78.4 Å². The molecule has 1 atom stereocenters. The first-order chi connectivity index (χ1) is 9.83. The number of carbonyl (C=O) groups excluding carboxylic acids is 2. The summed E-state index contributed by atoms with van der Waals surface area (Å²) in [6, 6.07) is 3.41. The van der Waals surface area contributed by atoms with Crippen LogP contribution in [0.25, 0.3) is 0 Å². The van der Waals surface area contributed by atoms with Crippen LogP contribution >= 0.6 is 0 Å². The molecule has 0 radical (unpaired) electrons. The largest absolute Gasteiger partial charge is 0.394 e. The number of anilines is 1. The van der Waals surface area contributed by atoms with E-state index in [0.717, 1.165) is 0 Å². The summed E-state index contributed by atoms with van der Waals surface area (Å²) in [4.78, 5) is 23.6. The highest BCUT2D eigenvalue weighted by molar-refractivity contribution is 6.39. The van der Waals surface area contributed by atoms with E-state index in [1.807, 2.05) is 13.8 Å². The van der Waals surface area contributed by atoms with Crippen molar-refractivity contribution in [2.24, 2.45) is 5.92 Å². The smallest absolute Gasteiger partial charge is 0.313 e. The average Bonchev–Trinajstić information content (AvgIpc) is 2.40. The van der Waals surface area contributed by atoms with Crippen molar-refractivity contribution >= 4 is 17.5 Å². The number of aryl methyl sites for hydroxylation is 1. The Balaban J connectivity index is 2.64. The summed E-state index contributed by atoms with van der Waals surface area (Å²) >= 11 is 0. The van der Waals surface area contributed by atoms with Crippen LogP contribution in [0.2, 0.25) is 0 Å². The van der Waals surface area contributed by atoms with Gasteiger partial charge in [-0.3, -0.25) is 9.59 Å². The number of halogens is 1. The van der Waals surface area contributed by atoms with Crippen molar-refractivity contribution in [2.45, 2.75) is 33.2 Å². The second kappa shape index (κ2) is 7.73. The summed E-state index contributed by atoms with van der Waals surface area (Å²) in [6.07, 6.45) is 0.575. The molecule has 1 aromatic carbocycles. The number of aliphatic hydroxyl groups excluding tert-OH is 1. The average molecular weight is 296 g/mol. The molecular weight excluding hydrogens is 275 g/mol. The first kappa shape index (κ1) is 17.1. The fourth-order valence-corrected chi connectivity index (χ4v) is 1.95. The maximum absolute atomic E-state index is 13.0. The summed E-state index contributed by atoms with van der Waals surface area (Å²) in [5.74, 6) is -1.79. The van der Waals surface area contributed by atoms with Gasteiger partial charge in [0.15, 0.2) is 0 Å². The Kier molecular flexibility index (Phi) is 6.30. The lowest BCUT2D eigenvalue weighted by molar-refractivity contribution is -0.136. The van der Waals surface area contributed by atoms with Gasteiger partial charge >= 0.3 is 11.8 Å². The zero-order chi connectivity index (χ0) is 16.0. The van der Waals surface area contributed by atoms with Gasteiger partial charge < -0.3 is 15.7 Å². The first-order valence-electron chi connectivity index (χ1n) is 6.82. The summed E-state index contributed by atoms with van der Waals surface area (Å²) in [7, 11) is 0. The van der Waals surface area contributed by atoms with Crippen molar-refractivity contribution in [1.82, 2.24) is 5.32 Å². The fraction of sp³-hybridized carbons (Fsp3) is 0.467. The molecule has 0 saturated carbocycles. The molecule has 0 saturated heterocycles. The van der Waals surface area contributed by atoms with Crippen molar-refractivity contribution < 1.29 is 19.1 Å². The Morgan fingerprint density at radius 1 is 1.29 bits per heavy atom. The zero-order valence-corrected chi connectivity index (χ0v) is 12.4. The van der Waals surface area contributed by atoms with Gasteiger partial charge in [-0.15, -0.1) is 0 Å². The Bertz CT molecular complexity index is 518. The maximum Gasteiger partial charge on any atom is 0.313 e. The van der Waals surface area contributed by atoms with E-state index in [9.17, 15) is 19.1 Å². The molecule has 0 spiro atoms. The lowest BCUT2D eigenvalue weighted by Gasteiger charge is -2.18. The molecule has 6 heteroatoms. The number of benzene rings is 1. The van der Waals surface area contributed by atoms with Gasteiger partial charge in [0.1, 0.15) is 5.82 Å². The van der Waals surface area contributed by atoms with Crippen molar-refractivity contribution in [1.29, 1.82) is 0 Å². The third-order valence-electron chi connectivity index (χ3n) is 2.95. The Morgan fingerprint density at radius 3 is 2.48 bits per heavy atom. The fourth-order valence-electron chi connectivity index (χ4n) is 1.95. The lowest BCUT2D eigenvalue weighted by atomic mass is 10.0. The number of hydrogen-bond acceptors (Lipinski definition) is 3. The summed E-state index contributed by atoms with van der Waals surface area (Å²) in [6.45, 7) is 5.31. The molecule has 1 rings (SSSR count). The maximum atomic E-state index is 13.0. The Morgan fingerprint density at radius 2 is 1.95 bits per heavy atom. The van der Waals surface area contributed by atoms with E-state index in [1.165, 1.54) is 18.2 Å². The minimum Gasteiger partial charge on any atom is -0.394 e. The number of nitrogens with one attached hydrogen (secondary N) is 2. The van der Waals surface area contributed by atoms with Crippen molar-refractivity contribution in [3.05, 3.63) is 29.6 Å². The minimum atomic E-state index is -0.841. The molecule has 21 heavy (non-hydrogen) atoms. The van der Waals surface area contributed by atoms with Crippen LogP contribution in [0.4, 0.5) is 10.1 Å². The number of hydrogen-bond donors (Lipinski definition) is 3. The summed E-state index contributed by atoms with van der Waals surface area (Å²) < 4.78 is 13.0. The molecule has 1 unspecified atom stereocenters. The molecule has 1 aromatic rings. The molecule has 0 aliphatic carbocycles. The first-order valence-corrected chi connectivity index (χ1v) is 6.82. The number of carbonyl (C=O) groups is 2. The van der Waals surface area contributed by atoms with Gasteiger partial charge in [0.05, 0.1) is 12.6 Å². The SMILES string of the molecule is Cc1cc(F)ccc1NC(=O)C(=O)NC(CO)CC(C)C. The predicted octanol–water partition coefficient (Wildman–Crippen LogP) is 1.60. The van der Waals surface area contributed by atoms with Crippen LogP contribution < -0.4 is 10.6 Å². The van der Waals surface area contributed by atoms with Crippen molar-refractivity contribution in [2.75, 3.05) is 11.9 Å². The van der Waals surface area contributed by atoms with E-state index in [0.29, 0.717) is 17.7 Å². The molecule has 0 fully saturated rings. The van der Waals surface area contributed by atoms with E-state index < -0.39 is 23.7 Å². The Labute approximate surface area is 123 Å². The highest BCUT2D eigenvalue weighted by atomic mass is 19.1. The van der Waals surface area contributed by atoms with Gasteiger partial charge in [0, 0.05) is 5.69 Å². The minimum absolute atomic E-state index is 0.229. The molecule has 0 aromatic heterocycles. The van der Waals surface area contributed by atoms with Crippen LogP contribution in [-0.2, 0) is 9.59 Å². The summed E-state index contributed by atoms with van der Waals surface area (Å²) in [5.41, 5.74) is 0.901. The van der Waals surface area contributed by atoms with E-state index in [1.54, 1.807) is 6.92 Å². The highest BCUT2D eigenvalue weighted by Crippen LogP contribution is 2.15. The molecule has 3 N–H and O–H groups in total. The van der Waals surface area contributed by atoms with Gasteiger partial charge in [0.2, 0.25) is 0 Å². The van der Waals surface area contributed by atoms with E-state index in [2.05, 4.69) is 10.6 Å². The quantitative estimate of drug-likeness (QED) is 0.722. The van der Waals surface area contributed by atoms with Crippen LogP contribution in [0, 0.1) is 18.7 Å². The van der Waals surface area contributed by atoms with Crippen LogP contribution in [0.15, 0.2) is 18.2 Å². The van der Waals surface area contributed by atoms with Crippen LogP contribution in [0.5, 0.6) is 0 Å². The third kappa shape index (κ3) is 5.51. The van der Waals surface area contributed by atoms with Crippen LogP contribution in [0.1, 0.15) is 25.8 Å². The molecule has 0 aliphatic rings. The van der Waals surface area contributed by atoms with Gasteiger partial charge in [-0.25, -0.2) is 4.39 Å². The van der Waals surface area contributed by atoms with Crippen molar-refractivity contribution in [3.63, 3.8) is 0 Å². The third-order valence-corrected chi connectivity index (χ3v) is 2.95. The second-order valence-corrected chi connectivity index (χ2v) is 5.40. The van der Waals surface area contributed by atoms with Crippen LogP contribution in [0.3, 0.4) is 0 Å². The molecule has 0 bridgehead atoms. The molecule has 0 aliphatic heterocycles. The van der Waals surface area contributed by atoms with Crippen LogP contribution in [-0.4, -0.2) is 29.6 Å². The van der Waals surface area contributed by atoms with E-state index >= 15 is 0 Å². The normalized spacial score (nSPS) is 12.1. The predicted molar refractivity (Wildman–Crippen MR) is 78.2 cm³/mol. The Hall–Kier alpha value is -1.95. The van der Waals surface area contributed by atoms with Gasteiger partial charge in [-0.05, 0) is 43.0 Å². The van der Waals surface area contributed by atoms with E-state index in [-0.39, 0.29) is 12.5 Å². The van der Waals surface area contributed by atoms with Gasteiger partial charge in [0.25, 0.3) is 0 Å². The second-order valence-electron chi connectivity index (χ2n) is 5.40. The molecule has 116 valence electrons. The van der Waals surface area contributed by atoms with Gasteiger partial charge in [-0.1, -0.05) is 13.8 Å². The lowest BCUT2D eigenvalue weighted by Crippen LogP contribution is -2.44. The molecule has 0 heterocycles. The van der Waals surface area contributed by atoms with E-state index in [4.69, 9.17) is 0 Å². The number of amides is 2. The zero-order valence-electron chi connectivity index (χ0n) is 12.4. The van der Waals surface area contributed by atoms with Crippen molar-refractivity contribution in [3.8, 4) is 0 Å². The monoisotopic (exact) mass is 296 g/mol. The molecular formula is C15H21FN2O3.